The molecular formula is C16H14ClNO4. The zero-order chi connectivity index (χ0) is 15.9. The van der Waals surface area contributed by atoms with Crippen molar-refractivity contribution >= 4 is 35.1 Å². The Morgan fingerprint density at radius 2 is 2.00 bits per heavy atom. The van der Waals surface area contributed by atoms with E-state index < -0.39 is 11.9 Å². The first-order chi connectivity index (χ1) is 10.5. The lowest BCUT2D eigenvalue weighted by molar-refractivity contribution is -0.132. The van der Waals surface area contributed by atoms with Crippen molar-refractivity contribution in [2.75, 3.05) is 4.90 Å². The van der Waals surface area contributed by atoms with Crippen LogP contribution < -0.4 is 9.64 Å². The molecule has 0 N–H and O–H groups in total. The molecule has 1 saturated heterocycles. The number of fused-ring (bicyclic) bond motifs is 1. The van der Waals surface area contributed by atoms with Gasteiger partial charge < -0.3 is 4.74 Å². The first-order valence-electron chi connectivity index (χ1n) is 6.98. The van der Waals surface area contributed by atoms with Gasteiger partial charge in [-0.1, -0.05) is 23.7 Å². The second-order valence-electron chi connectivity index (χ2n) is 5.41. The zero-order valence-corrected chi connectivity index (χ0v) is 12.7. The van der Waals surface area contributed by atoms with Crippen LogP contribution in [0.2, 0.25) is 0 Å². The molecule has 0 bridgehead atoms. The van der Waals surface area contributed by atoms with E-state index in [0.29, 0.717) is 29.3 Å². The second-order valence-corrected chi connectivity index (χ2v) is 5.89. The lowest BCUT2D eigenvalue weighted by Gasteiger charge is -2.17. The van der Waals surface area contributed by atoms with Crippen molar-refractivity contribution in [3.8, 4) is 5.75 Å². The first kappa shape index (κ1) is 14.8. The molecule has 1 heterocycles. The van der Waals surface area contributed by atoms with E-state index in [4.69, 9.17) is 16.3 Å². The lowest BCUT2D eigenvalue weighted by atomic mass is 9.85. The average molecular weight is 320 g/mol. The van der Waals surface area contributed by atoms with E-state index in [2.05, 4.69) is 0 Å². The third-order valence-corrected chi connectivity index (χ3v) is 4.22. The molecule has 6 heteroatoms. The molecule has 0 saturated carbocycles. The van der Waals surface area contributed by atoms with Crippen molar-refractivity contribution in [2.45, 2.75) is 19.8 Å². The van der Waals surface area contributed by atoms with Crippen LogP contribution in [0.1, 0.15) is 19.8 Å². The quantitative estimate of drug-likeness (QED) is 0.477. The molecule has 3 rings (SSSR count). The predicted molar refractivity (Wildman–Crippen MR) is 80.4 cm³/mol. The van der Waals surface area contributed by atoms with Gasteiger partial charge in [-0.05, 0) is 25.0 Å². The Morgan fingerprint density at radius 3 is 2.73 bits per heavy atom. The number of benzene rings is 1. The van der Waals surface area contributed by atoms with E-state index in [0.717, 1.165) is 0 Å². The number of imide groups is 1. The van der Waals surface area contributed by atoms with Crippen molar-refractivity contribution in [3.63, 3.8) is 0 Å². The maximum atomic E-state index is 12.5. The molecule has 1 aliphatic carbocycles. The largest absolute Gasteiger partial charge is 0.427 e. The normalized spacial score (nSPS) is 24.1. The van der Waals surface area contributed by atoms with Crippen LogP contribution in [0.4, 0.5) is 5.69 Å². The van der Waals surface area contributed by atoms with Crippen LogP contribution in [0.3, 0.4) is 0 Å². The molecule has 2 amide bonds. The number of hydrogen-bond acceptors (Lipinski definition) is 4. The summed E-state index contributed by atoms with van der Waals surface area (Å²) in [4.78, 5) is 37.3. The summed E-state index contributed by atoms with van der Waals surface area (Å²) in [7, 11) is 0. The maximum Gasteiger partial charge on any atom is 0.308 e. The predicted octanol–water partition coefficient (Wildman–Crippen LogP) is 2.63. The highest BCUT2D eigenvalue weighted by Gasteiger charge is 2.49. The van der Waals surface area contributed by atoms with E-state index in [1.807, 2.05) is 0 Å². The number of rotatable bonds is 2. The first-order valence-corrected chi connectivity index (χ1v) is 7.36. The Morgan fingerprint density at radius 1 is 1.27 bits per heavy atom. The summed E-state index contributed by atoms with van der Waals surface area (Å²) in [6.45, 7) is 1.29. The number of nitrogens with zero attached hydrogens (tertiary/aromatic N) is 1. The minimum atomic E-state index is -0.458. The Balaban J connectivity index is 1.91. The fraction of sp³-hybridized carbons (Fsp3) is 0.312. The molecule has 1 aliphatic heterocycles. The Labute approximate surface area is 132 Å². The summed E-state index contributed by atoms with van der Waals surface area (Å²) >= 11 is 5.99. The van der Waals surface area contributed by atoms with Gasteiger partial charge in [-0.15, -0.1) is 0 Å². The average Bonchev–Trinajstić information content (AvgIpc) is 2.70. The van der Waals surface area contributed by atoms with Crippen LogP contribution in [0.15, 0.2) is 35.4 Å². The summed E-state index contributed by atoms with van der Waals surface area (Å²) in [5.74, 6) is -1.39. The van der Waals surface area contributed by atoms with Crippen LogP contribution in [-0.4, -0.2) is 17.8 Å². The molecule has 1 aromatic carbocycles. The minimum absolute atomic E-state index is 0.226. The lowest BCUT2D eigenvalue weighted by Crippen LogP contribution is -2.30. The minimum Gasteiger partial charge on any atom is -0.427 e. The van der Waals surface area contributed by atoms with Gasteiger partial charge in [-0.3, -0.25) is 14.4 Å². The number of carbonyl (C=O) groups excluding carboxylic acids is 3. The van der Waals surface area contributed by atoms with E-state index in [-0.39, 0.29) is 17.7 Å². The highest BCUT2D eigenvalue weighted by Crippen LogP contribution is 2.41. The number of allylic oxidation sites excluding steroid dienone is 2. The highest BCUT2D eigenvalue weighted by atomic mass is 35.5. The Kier molecular flexibility index (Phi) is 3.74. The molecule has 0 spiro atoms. The van der Waals surface area contributed by atoms with Crippen LogP contribution in [0.5, 0.6) is 5.75 Å². The van der Waals surface area contributed by atoms with Gasteiger partial charge in [0.15, 0.2) is 0 Å². The number of ether oxygens (including phenoxy) is 1. The van der Waals surface area contributed by atoms with Gasteiger partial charge in [0.25, 0.3) is 0 Å². The van der Waals surface area contributed by atoms with Gasteiger partial charge >= 0.3 is 5.97 Å². The number of carbonyl (C=O) groups is 3. The molecule has 1 fully saturated rings. The summed E-state index contributed by atoms with van der Waals surface area (Å²) < 4.78 is 5.00. The Bertz CT molecular complexity index is 697. The molecular weight excluding hydrogens is 306 g/mol. The SMILES string of the molecule is CC(=O)Oc1cccc(N2C(=O)[C@@H]3CC=C(Cl)C[C@H]3C2=O)c1. The zero-order valence-electron chi connectivity index (χ0n) is 11.9. The van der Waals surface area contributed by atoms with Crippen molar-refractivity contribution < 1.29 is 19.1 Å². The van der Waals surface area contributed by atoms with Gasteiger partial charge in [0, 0.05) is 18.0 Å². The summed E-state index contributed by atoms with van der Waals surface area (Å²) in [6.07, 6.45) is 2.68. The van der Waals surface area contributed by atoms with E-state index in [1.165, 1.54) is 17.9 Å². The molecule has 5 nitrogen and oxygen atoms in total. The van der Waals surface area contributed by atoms with E-state index in [9.17, 15) is 14.4 Å². The highest BCUT2D eigenvalue weighted by molar-refractivity contribution is 6.30. The van der Waals surface area contributed by atoms with Crippen LogP contribution >= 0.6 is 11.6 Å². The molecule has 0 radical (unpaired) electrons. The van der Waals surface area contributed by atoms with Gasteiger partial charge in [0.1, 0.15) is 5.75 Å². The number of halogens is 1. The molecule has 114 valence electrons. The van der Waals surface area contributed by atoms with E-state index >= 15 is 0 Å². The van der Waals surface area contributed by atoms with Crippen molar-refractivity contribution in [1.29, 1.82) is 0 Å². The van der Waals surface area contributed by atoms with Crippen LogP contribution in [-0.2, 0) is 14.4 Å². The third-order valence-electron chi connectivity index (χ3n) is 3.91. The van der Waals surface area contributed by atoms with Crippen LogP contribution in [0.25, 0.3) is 0 Å². The van der Waals surface area contributed by atoms with Gasteiger partial charge in [0.2, 0.25) is 11.8 Å². The third kappa shape index (κ3) is 2.52. The molecule has 2 atom stereocenters. The van der Waals surface area contributed by atoms with Gasteiger partial charge in [-0.25, -0.2) is 4.90 Å². The number of anilines is 1. The van der Waals surface area contributed by atoms with Crippen molar-refractivity contribution in [1.82, 2.24) is 0 Å². The topological polar surface area (TPSA) is 63.7 Å². The van der Waals surface area contributed by atoms with Crippen molar-refractivity contribution in [3.05, 3.63) is 35.4 Å². The number of hydrogen-bond donors (Lipinski definition) is 0. The van der Waals surface area contributed by atoms with Crippen molar-refractivity contribution in [2.24, 2.45) is 11.8 Å². The number of esters is 1. The van der Waals surface area contributed by atoms with Gasteiger partial charge in [0.05, 0.1) is 17.5 Å². The molecule has 0 unspecified atom stereocenters. The summed E-state index contributed by atoms with van der Waals surface area (Å²) in [5.41, 5.74) is 0.416. The van der Waals surface area contributed by atoms with Gasteiger partial charge in [-0.2, -0.15) is 0 Å². The molecule has 22 heavy (non-hydrogen) atoms. The Hall–Kier alpha value is -2.14. The fourth-order valence-electron chi connectivity index (χ4n) is 2.93. The molecule has 0 aromatic heterocycles. The summed E-state index contributed by atoms with van der Waals surface area (Å²) in [5, 5.41) is 0.623. The molecule has 1 aromatic rings. The smallest absolute Gasteiger partial charge is 0.308 e. The fourth-order valence-corrected chi connectivity index (χ4v) is 3.19. The standard InChI is InChI=1S/C16H14ClNO4/c1-9(19)22-12-4-2-3-11(8-12)18-15(20)13-6-5-10(17)7-14(13)16(18)21/h2-5,8,13-14H,6-7H2,1H3/t13-,14-/m1/s1. The van der Waals surface area contributed by atoms with Crippen LogP contribution in [0, 0.1) is 11.8 Å². The summed E-state index contributed by atoms with van der Waals surface area (Å²) in [6, 6.07) is 6.40. The maximum absolute atomic E-state index is 12.5. The number of amides is 2. The van der Waals surface area contributed by atoms with E-state index in [1.54, 1.807) is 24.3 Å². The second kappa shape index (κ2) is 5.57. The molecule has 2 aliphatic rings. The monoisotopic (exact) mass is 319 g/mol.